The molecular weight excluding hydrogens is 452 g/mol. The number of hydrogen-bond donors (Lipinski definition) is 2. The third-order valence-corrected chi connectivity index (χ3v) is 7.62. The monoisotopic (exact) mass is 482 g/mol. The number of rotatable bonds is 9. The molecule has 7 nitrogen and oxygen atoms in total. The van der Waals surface area contributed by atoms with Crippen LogP contribution in [0.3, 0.4) is 0 Å². The van der Waals surface area contributed by atoms with Gasteiger partial charge in [0.2, 0.25) is 5.91 Å². The van der Waals surface area contributed by atoms with E-state index in [4.69, 9.17) is 4.74 Å². The van der Waals surface area contributed by atoms with Gasteiger partial charge in [0.15, 0.2) is 0 Å². The van der Waals surface area contributed by atoms with Gasteiger partial charge in [0.25, 0.3) is 0 Å². The van der Waals surface area contributed by atoms with Crippen LogP contribution in [0, 0.1) is 5.41 Å². The van der Waals surface area contributed by atoms with E-state index in [2.05, 4.69) is 29.6 Å². The fourth-order valence-corrected chi connectivity index (χ4v) is 5.32. The summed E-state index contributed by atoms with van der Waals surface area (Å²) < 4.78 is 5.61. The number of carbonyl (C=O) groups excluding carboxylic acids is 2. The van der Waals surface area contributed by atoms with Crippen LogP contribution in [0.1, 0.15) is 36.8 Å². The standard InChI is InChI=1S/C26H30N2O5S/c1-3-26(24(30)31)15-28(16-26)23(29)22(12-13-34-2)27-25(32)33-14-21-19-10-6-4-8-17(19)18-9-5-7-11-20(18)21/h4-11,21-22H,3,12-16H2,1-2H3,(H,27,32)(H,30,31)/t22-/m1/s1. The van der Waals surface area contributed by atoms with Crippen LogP contribution in [0.4, 0.5) is 4.79 Å². The third kappa shape index (κ3) is 4.51. The summed E-state index contributed by atoms with van der Waals surface area (Å²) in [7, 11) is 0. The van der Waals surface area contributed by atoms with Gasteiger partial charge in [-0.3, -0.25) is 9.59 Å². The van der Waals surface area contributed by atoms with Crippen LogP contribution in [-0.4, -0.2) is 65.7 Å². The number of alkyl carbamates (subject to hydrolysis) is 1. The maximum Gasteiger partial charge on any atom is 0.407 e. The maximum absolute atomic E-state index is 13.0. The number of thioether (sulfide) groups is 1. The van der Waals surface area contributed by atoms with Crippen LogP contribution < -0.4 is 5.32 Å². The number of benzene rings is 2. The number of fused-ring (bicyclic) bond motifs is 3. The van der Waals surface area contributed by atoms with Crippen LogP contribution in [0.25, 0.3) is 11.1 Å². The second-order valence-electron chi connectivity index (χ2n) is 8.94. The molecule has 0 bridgehead atoms. The molecule has 1 atom stereocenters. The second kappa shape index (κ2) is 10.1. The van der Waals surface area contributed by atoms with E-state index in [9.17, 15) is 19.5 Å². The number of carboxylic acid groups (broad SMARTS) is 1. The topological polar surface area (TPSA) is 95.9 Å². The van der Waals surface area contributed by atoms with E-state index >= 15 is 0 Å². The molecule has 1 aliphatic carbocycles. The summed E-state index contributed by atoms with van der Waals surface area (Å²) in [6.45, 7) is 2.32. The first-order valence-corrected chi connectivity index (χ1v) is 12.9. The normalized spacial score (nSPS) is 16.7. The highest BCUT2D eigenvalue weighted by atomic mass is 32.2. The van der Waals surface area contributed by atoms with Crippen molar-refractivity contribution in [1.29, 1.82) is 0 Å². The van der Waals surface area contributed by atoms with Gasteiger partial charge in [-0.2, -0.15) is 11.8 Å². The van der Waals surface area contributed by atoms with Gasteiger partial charge in [-0.15, -0.1) is 0 Å². The lowest BCUT2D eigenvalue weighted by molar-refractivity contribution is -0.167. The smallest absolute Gasteiger partial charge is 0.407 e. The Bertz CT molecular complexity index is 1040. The molecule has 2 aromatic carbocycles. The molecule has 34 heavy (non-hydrogen) atoms. The van der Waals surface area contributed by atoms with Gasteiger partial charge in [-0.25, -0.2) is 4.79 Å². The Balaban J connectivity index is 1.39. The summed E-state index contributed by atoms with van der Waals surface area (Å²) in [6.07, 6.45) is 2.21. The predicted octanol–water partition coefficient (Wildman–Crippen LogP) is 3.97. The highest BCUT2D eigenvalue weighted by molar-refractivity contribution is 7.98. The molecule has 1 fully saturated rings. The van der Waals surface area contributed by atoms with Gasteiger partial charge < -0.3 is 20.1 Å². The Hall–Kier alpha value is -3.00. The largest absolute Gasteiger partial charge is 0.481 e. The van der Waals surface area contributed by atoms with Crippen molar-refractivity contribution in [1.82, 2.24) is 10.2 Å². The highest BCUT2D eigenvalue weighted by Gasteiger charge is 2.51. The summed E-state index contributed by atoms with van der Waals surface area (Å²) in [5.41, 5.74) is 3.66. The molecule has 2 amide bonds. The number of aliphatic carboxylic acids is 1. The number of amides is 2. The summed E-state index contributed by atoms with van der Waals surface area (Å²) >= 11 is 1.58. The summed E-state index contributed by atoms with van der Waals surface area (Å²) in [5, 5.41) is 12.2. The van der Waals surface area contributed by atoms with Crippen molar-refractivity contribution >= 4 is 29.7 Å². The number of ether oxygens (including phenoxy) is 1. The molecule has 0 radical (unpaired) electrons. The molecule has 1 aliphatic heterocycles. The Labute approximate surface area is 203 Å². The van der Waals surface area contributed by atoms with E-state index in [1.54, 1.807) is 11.8 Å². The van der Waals surface area contributed by atoms with E-state index in [1.807, 2.05) is 37.4 Å². The fraction of sp³-hybridized carbons (Fsp3) is 0.423. The van der Waals surface area contributed by atoms with Crippen molar-refractivity contribution in [2.24, 2.45) is 5.41 Å². The van der Waals surface area contributed by atoms with E-state index in [0.29, 0.717) is 18.6 Å². The molecule has 0 saturated carbocycles. The lowest BCUT2D eigenvalue weighted by atomic mass is 9.77. The van der Waals surface area contributed by atoms with E-state index in [0.717, 1.165) is 22.3 Å². The predicted molar refractivity (Wildman–Crippen MR) is 132 cm³/mol. The first-order chi connectivity index (χ1) is 16.4. The van der Waals surface area contributed by atoms with Gasteiger partial charge in [0.05, 0.1) is 0 Å². The quantitative estimate of drug-likeness (QED) is 0.562. The van der Waals surface area contributed by atoms with Gasteiger partial charge in [0.1, 0.15) is 18.1 Å². The number of nitrogens with one attached hydrogen (secondary N) is 1. The van der Waals surface area contributed by atoms with Gasteiger partial charge in [-0.1, -0.05) is 55.5 Å². The number of nitrogens with zero attached hydrogens (tertiary/aromatic N) is 1. The molecule has 0 unspecified atom stereocenters. The molecule has 4 rings (SSSR count). The second-order valence-corrected chi connectivity index (χ2v) is 9.92. The average molecular weight is 483 g/mol. The summed E-state index contributed by atoms with van der Waals surface area (Å²) in [4.78, 5) is 38.8. The van der Waals surface area contributed by atoms with E-state index in [1.165, 1.54) is 4.90 Å². The minimum absolute atomic E-state index is 0.0605. The zero-order valence-electron chi connectivity index (χ0n) is 19.5. The molecule has 1 saturated heterocycles. The van der Waals surface area contributed by atoms with Crippen molar-refractivity contribution in [3.63, 3.8) is 0 Å². The first-order valence-electron chi connectivity index (χ1n) is 11.5. The lowest BCUT2D eigenvalue weighted by Gasteiger charge is -2.47. The Kier molecular flexibility index (Phi) is 7.16. The minimum Gasteiger partial charge on any atom is -0.481 e. The molecular formula is C26H30N2O5S. The van der Waals surface area contributed by atoms with Gasteiger partial charge in [-0.05, 0) is 47.1 Å². The van der Waals surface area contributed by atoms with Crippen molar-refractivity contribution in [2.45, 2.75) is 31.7 Å². The van der Waals surface area contributed by atoms with Crippen molar-refractivity contribution in [3.8, 4) is 11.1 Å². The zero-order chi connectivity index (χ0) is 24.3. The van der Waals surface area contributed by atoms with E-state index in [-0.39, 0.29) is 31.5 Å². The number of likely N-dealkylation sites (tertiary alicyclic amines) is 1. The lowest BCUT2D eigenvalue weighted by Crippen LogP contribution is -2.65. The molecule has 2 aliphatic rings. The van der Waals surface area contributed by atoms with Crippen molar-refractivity contribution < 1.29 is 24.2 Å². The number of carboxylic acids is 1. The van der Waals surface area contributed by atoms with Crippen LogP contribution in [0.15, 0.2) is 48.5 Å². The molecule has 8 heteroatoms. The Morgan fingerprint density at radius 1 is 1.12 bits per heavy atom. The van der Waals surface area contributed by atoms with Gasteiger partial charge in [0, 0.05) is 19.0 Å². The average Bonchev–Trinajstić information content (AvgIpc) is 3.13. The zero-order valence-corrected chi connectivity index (χ0v) is 20.3. The Morgan fingerprint density at radius 3 is 2.24 bits per heavy atom. The molecule has 1 heterocycles. The Morgan fingerprint density at radius 2 is 1.71 bits per heavy atom. The fourth-order valence-electron chi connectivity index (χ4n) is 4.85. The molecule has 0 aromatic heterocycles. The first kappa shape index (κ1) is 24.1. The van der Waals surface area contributed by atoms with Crippen LogP contribution in [-0.2, 0) is 14.3 Å². The summed E-state index contributed by atoms with van der Waals surface area (Å²) in [5.74, 6) is -0.516. The maximum atomic E-state index is 13.0. The van der Waals surface area contributed by atoms with Gasteiger partial charge >= 0.3 is 12.1 Å². The molecule has 180 valence electrons. The van der Waals surface area contributed by atoms with Crippen molar-refractivity contribution in [3.05, 3.63) is 59.7 Å². The number of carbonyl (C=O) groups is 3. The minimum atomic E-state index is -0.885. The van der Waals surface area contributed by atoms with Crippen LogP contribution in [0.2, 0.25) is 0 Å². The van der Waals surface area contributed by atoms with Crippen LogP contribution >= 0.6 is 11.8 Å². The molecule has 2 aromatic rings. The van der Waals surface area contributed by atoms with Crippen LogP contribution in [0.5, 0.6) is 0 Å². The highest BCUT2D eigenvalue weighted by Crippen LogP contribution is 2.44. The molecule has 0 spiro atoms. The SMILES string of the molecule is CCC1(C(=O)O)CN(C(=O)[C@@H](CCSC)NC(=O)OCC2c3ccccc3-c3ccccc32)C1. The molecule has 2 N–H and O–H groups in total. The third-order valence-electron chi connectivity index (χ3n) is 6.97. The van der Waals surface area contributed by atoms with E-state index < -0.39 is 23.5 Å². The van der Waals surface area contributed by atoms with Crippen molar-refractivity contribution in [2.75, 3.05) is 31.7 Å². The summed E-state index contributed by atoms with van der Waals surface area (Å²) in [6, 6.07) is 15.5. The number of hydrogen-bond acceptors (Lipinski definition) is 5.